The molecule has 0 radical (unpaired) electrons. The second kappa shape index (κ2) is 6.56. The molecule has 1 spiro atoms. The molecule has 0 saturated heterocycles. The molecule has 1 aliphatic carbocycles. The van der Waals surface area contributed by atoms with E-state index in [2.05, 4.69) is 26.2 Å². The summed E-state index contributed by atoms with van der Waals surface area (Å²) in [7, 11) is 0. The summed E-state index contributed by atoms with van der Waals surface area (Å²) in [5.74, 6) is -0.610. The number of aromatic nitrogens is 1. The van der Waals surface area contributed by atoms with Crippen LogP contribution < -0.4 is 11.1 Å². The van der Waals surface area contributed by atoms with Gasteiger partial charge >= 0.3 is 5.97 Å². The molecule has 3 N–H and O–H groups in total. The van der Waals surface area contributed by atoms with Crippen molar-refractivity contribution in [3.05, 3.63) is 81.1 Å². The first-order chi connectivity index (χ1) is 14.4. The Morgan fingerprint density at radius 2 is 2.03 bits per heavy atom. The fraction of sp³-hybridized carbons (Fsp3) is 0.136. The first-order valence-electron chi connectivity index (χ1n) is 9.24. The van der Waals surface area contributed by atoms with Crippen molar-refractivity contribution < 1.29 is 18.7 Å². The van der Waals surface area contributed by atoms with E-state index in [1.165, 1.54) is 0 Å². The summed E-state index contributed by atoms with van der Waals surface area (Å²) in [6.45, 7) is 1.75. The van der Waals surface area contributed by atoms with Crippen molar-refractivity contribution in [2.45, 2.75) is 18.9 Å². The number of amides is 1. The molecular weight excluding hydrogens is 450 g/mol. The summed E-state index contributed by atoms with van der Waals surface area (Å²) in [6, 6.07) is 14.7. The maximum atomic E-state index is 13.3. The van der Waals surface area contributed by atoms with Crippen LogP contribution in [0.5, 0.6) is 0 Å². The zero-order chi connectivity index (χ0) is 21.0. The van der Waals surface area contributed by atoms with E-state index in [1.807, 2.05) is 42.5 Å². The lowest BCUT2D eigenvalue weighted by molar-refractivity contribution is -0.141. The van der Waals surface area contributed by atoms with Gasteiger partial charge in [0.15, 0.2) is 11.2 Å². The molecule has 0 bridgehead atoms. The Hall–Kier alpha value is -3.39. The van der Waals surface area contributed by atoms with Gasteiger partial charge in [-0.15, -0.1) is 0 Å². The van der Waals surface area contributed by atoms with E-state index >= 15 is 0 Å². The Morgan fingerprint density at radius 3 is 2.80 bits per heavy atom. The predicted octanol–water partition coefficient (Wildman–Crippen LogP) is 3.43. The number of benzene rings is 2. The molecule has 2 aliphatic rings. The molecule has 2 aromatic carbocycles. The summed E-state index contributed by atoms with van der Waals surface area (Å²) in [6.07, 6.45) is 0. The molecule has 0 unspecified atom stereocenters. The maximum absolute atomic E-state index is 13.3. The number of nitrogen functional groups attached to an aromatic ring is 1. The number of carbonyl (C=O) groups excluding carboxylic acids is 2. The minimum Gasteiger partial charge on any atom is -0.457 e. The van der Waals surface area contributed by atoms with Crippen LogP contribution in [-0.4, -0.2) is 16.9 Å². The largest absolute Gasteiger partial charge is 0.457 e. The van der Waals surface area contributed by atoms with Crippen LogP contribution >= 0.6 is 15.9 Å². The number of hydrogen-bond donors (Lipinski definition) is 2. The van der Waals surface area contributed by atoms with Gasteiger partial charge < -0.3 is 20.2 Å². The normalized spacial score (nSPS) is 19.1. The maximum Gasteiger partial charge on any atom is 0.337 e. The topological polar surface area (TPSA) is 107 Å². The second-order valence-electron chi connectivity index (χ2n) is 7.19. The van der Waals surface area contributed by atoms with E-state index in [9.17, 15) is 9.59 Å². The standard InChI is InChI=1S/C22H16BrN3O4/c1-11-16(19(27)29-10-12-5-3-2-4-6-12)22(20(28)25-11)15-9-13(23)7-8-14(15)17-18(22)26-21(24)30-17/h2-9H,10H2,1H3,(H2,24,26)(H,25,28)/t22-/m0/s1. The van der Waals surface area contributed by atoms with Gasteiger partial charge in [0.25, 0.3) is 6.01 Å². The molecule has 1 atom stereocenters. The number of nitrogens with two attached hydrogens (primary N) is 1. The molecule has 1 amide bonds. The summed E-state index contributed by atoms with van der Waals surface area (Å²) in [5, 5.41) is 2.79. The monoisotopic (exact) mass is 465 g/mol. The first-order valence-corrected chi connectivity index (χ1v) is 10.0. The molecule has 8 heteroatoms. The number of nitrogens with one attached hydrogen (secondary N) is 1. The van der Waals surface area contributed by atoms with Crippen LogP contribution in [0.25, 0.3) is 11.3 Å². The molecule has 0 fully saturated rings. The smallest absolute Gasteiger partial charge is 0.337 e. The molecular formula is C22H16BrN3O4. The van der Waals surface area contributed by atoms with Crippen molar-refractivity contribution in [2.24, 2.45) is 0 Å². The van der Waals surface area contributed by atoms with Crippen LogP contribution in [0, 0.1) is 0 Å². The van der Waals surface area contributed by atoms with Gasteiger partial charge in [0.2, 0.25) is 5.91 Å². The van der Waals surface area contributed by atoms with Crippen molar-refractivity contribution in [1.29, 1.82) is 0 Å². The number of nitrogens with zero attached hydrogens (tertiary/aromatic N) is 1. The van der Waals surface area contributed by atoms with Crippen LogP contribution in [-0.2, 0) is 26.3 Å². The van der Waals surface area contributed by atoms with Gasteiger partial charge in [-0.1, -0.05) is 46.3 Å². The van der Waals surface area contributed by atoms with Crippen molar-refractivity contribution >= 4 is 33.8 Å². The zero-order valence-corrected chi connectivity index (χ0v) is 17.4. The number of fused-ring (bicyclic) bond motifs is 5. The second-order valence-corrected chi connectivity index (χ2v) is 8.10. The molecule has 30 heavy (non-hydrogen) atoms. The minimum atomic E-state index is -1.48. The Morgan fingerprint density at radius 1 is 1.27 bits per heavy atom. The average Bonchev–Trinajstić information content (AvgIpc) is 3.31. The number of ether oxygens (including phenoxy) is 1. The molecule has 2 heterocycles. The number of carbonyl (C=O) groups is 2. The van der Waals surface area contributed by atoms with Crippen LogP contribution in [0.15, 0.2) is 68.7 Å². The van der Waals surface area contributed by atoms with E-state index in [0.717, 1.165) is 10.0 Å². The summed E-state index contributed by atoms with van der Waals surface area (Å²) < 4.78 is 12.0. The van der Waals surface area contributed by atoms with Crippen LogP contribution in [0.4, 0.5) is 6.01 Å². The highest BCUT2D eigenvalue weighted by Crippen LogP contribution is 2.56. The van der Waals surface area contributed by atoms with Gasteiger partial charge in [0.1, 0.15) is 12.3 Å². The number of hydrogen-bond acceptors (Lipinski definition) is 6. The number of rotatable bonds is 3. The third kappa shape index (κ3) is 2.46. The summed E-state index contributed by atoms with van der Waals surface area (Å²) >= 11 is 3.46. The SMILES string of the molecule is CC1=C(C(=O)OCc2ccccc2)[C@@]2(C(=O)N1)c1cc(Br)ccc1-c1oc(N)nc12. The van der Waals surface area contributed by atoms with Crippen molar-refractivity contribution in [3.8, 4) is 11.3 Å². The predicted molar refractivity (Wildman–Crippen MR) is 112 cm³/mol. The van der Waals surface area contributed by atoms with E-state index in [-0.39, 0.29) is 18.2 Å². The third-order valence-corrected chi connectivity index (χ3v) is 5.93. The van der Waals surface area contributed by atoms with E-state index in [4.69, 9.17) is 14.9 Å². The molecule has 1 aliphatic heterocycles. The fourth-order valence-electron chi connectivity index (χ4n) is 4.23. The van der Waals surface area contributed by atoms with Gasteiger partial charge in [-0.3, -0.25) is 4.79 Å². The van der Waals surface area contributed by atoms with E-state index in [1.54, 1.807) is 13.0 Å². The number of oxazole rings is 1. The van der Waals surface area contributed by atoms with E-state index in [0.29, 0.717) is 28.3 Å². The van der Waals surface area contributed by atoms with Gasteiger partial charge in [0, 0.05) is 15.7 Å². The van der Waals surface area contributed by atoms with Crippen LogP contribution in [0.2, 0.25) is 0 Å². The highest BCUT2D eigenvalue weighted by molar-refractivity contribution is 9.10. The molecule has 3 aromatic rings. The Labute approximate surface area is 180 Å². The summed E-state index contributed by atoms with van der Waals surface area (Å²) in [5.41, 5.74) is 7.34. The first kappa shape index (κ1) is 18.6. The summed E-state index contributed by atoms with van der Waals surface area (Å²) in [4.78, 5) is 30.9. The van der Waals surface area contributed by atoms with Gasteiger partial charge in [0.05, 0.1) is 5.57 Å². The van der Waals surface area contributed by atoms with E-state index < -0.39 is 17.3 Å². The quantitative estimate of drug-likeness (QED) is 0.573. The van der Waals surface area contributed by atoms with Crippen molar-refractivity contribution in [2.75, 3.05) is 5.73 Å². The number of allylic oxidation sites excluding steroid dienone is 1. The van der Waals surface area contributed by atoms with Crippen molar-refractivity contribution in [3.63, 3.8) is 0 Å². The average molecular weight is 466 g/mol. The number of anilines is 1. The Balaban J connectivity index is 1.65. The molecule has 0 saturated carbocycles. The van der Waals surface area contributed by atoms with Gasteiger partial charge in [-0.25, -0.2) is 4.79 Å². The number of esters is 1. The van der Waals surface area contributed by atoms with Crippen LogP contribution in [0.1, 0.15) is 23.7 Å². The molecule has 1 aromatic heterocycles. The Bertz CT molecular complexity index is 1250. The number of halogens is 1. The minimum absolute atomic E-state index is 0.0673. The lowest BCUT2D eigenvalue weighted by Gasteiger charge is -2.24. The Kier molecular flexibility index (Phi) is 4.08. The zero-order valence-electron chi connectivity index (χ0n) is 15.9. The highest BCUT2D eigenvalue weighted by atomic mass is 79.9. The highest BCUT2D eigenvalue weighted by Gasteiger charge is 2.61. The third-order valence-electron chi connectivity index (χ3n) is 5.44. The molecule has 7 nitrogen and oxygen atoms in total. The van der Waals surface area contributed by atoms with Gasteiger partial charge in [-0.05, 0) is 36.2 Å². The lowest BCUT2D eigenvalue weighted by Crippen LogP contribution is -2.40. The molecule has 5 rings (SSSR count). The van der Waals surface area contributed by atoms with Gasteiger partial charge in [-0.2, -0.15) is 4.98 Å². The lowest BCUT2D eigenvalue weighted by atomic mass is 9.75. The fourth-order valence-corrected chi connectivity index (χ4v) is 4.59. The van der Waals surface area contributed by atoms with Crippen LogP contribution in [0.3, 0.4) is 0 Å². The van der Waals surface area contributed by atoms with Crippen molar-refractivity contribution in [1.82, 2.24) is 10.3 Å². The molecule has 150 valence electrons.